The molecule has 4 heterocycles. The number of nitrogens with zero attached hydrogens (tertiary/aromatic N) is 4. The minimum absolute atomic E-state index is 0. The quantitative estimate of drug-likeness (QED) is 0.233. The van der Waals surface area contributed by atoms with E-state index in [1.807, 2.05) is 0 Å². The number of carbonyl (C=O) groups is 1. The minimum atomic E-state index is -1.29. The van der Waals surface area contributed by atoms with Gasteiger partial charge in [0.2, 0.25) is 5.95 Å². The number of rotatable bonds is 8. The summed E-state index contributed by atoms with van der Waals surface area (Å²) in [5, 5.41) is 43.5. The number of halogens is 1. The van der Waals surface area contributed by atoms with E-state index in [0.717, 1.165) is 4.88 Å². The molecule has 0 aliphatic carbocycles. The number of aromatic nitrogens is 4. The Kier molecular flexibility index (Phi) is 7.51. The van der Waals surface area contributed by atoms with E-state index in [1.54, 1.807) is 11.4 Å². The molecule has 14 heteroatoms. The molecular formula is C19H23ClN6O6S. The number of aliphatic hydroxyl groups excluding tert-OH is 3. The normalized spacial score (nSPS) is 22.3. The van der Waals surface area contributed by atoms with Crippen molar-refractivity contribution < 1.29 is 30.0 Å². The van der Waals surface area contributed by atoms with E-state index in [9.17, 15) is 20.1 Å². The van der Waals surface area contributed by atoms with Crippen LogP contribution in [0.3, 0.4) is 0 Å². The van der Waals surface area contributed by atoms with Gasteiger partial charge in [-0.05, 0) is 23.4 Å². The Hall–Kier alpha value is -2.81. The van der Waals surface area contributed by atoms with E-state index in [2.05, 4.69) is 26.8 Å². The molecule has 0 saturated carbocycles. The van der Waals surface area contributed by atoms with Crippen molar-refractivity contribution >= 4 is 58.2 Å². The average Bonchev–Trinajstić information content (AvgIpc) is 3.47. The fraction of sp³-hybridized carbons (Fsp3) is 0.368. The Morgan fingerprint density at radius 3 is 2.76 bits per heavy atom. The second-order valence-corrected chi connectivity index (χ2v) is 8.24. The number of nitrogen functional groups attached to an aromatic ring is 1. The van der Waals surface area contributed by atoms with Crippen molar-refractivity contribution in [2.24, 2.45) is 0 Å². The fourth-order valence-electron chi connectivity index (χ4n) is 3.40. The zero-order valence-corrected chi connectivity index (χ0v) is 18.8. The molecule has 1 fully saturated rings. The van der Waals surface area contributed by atoms with Crippen LogP contribution in [0.15, 0.2) is 24.4 Å². The Labute approximate surface area is 197 Å². The first kappa shape index (κ1) is 24.8. The number of nitrogens with one attached hydrogen (secondary N) is 1. The minimum Gasteiger partial charge on any atom is -0.478 e. The molecule has 33 heavy (non-hydrogen) atoms. The van der Waals surface area contributed by atoms with Crippen molar-refractivity contribution in [2.75, 3.05) is 24.2 Å². The molecule has 3 aromatic rings. The van der Waals surface area contributed by atoms with Crippen LogP contribution in [0.1, 0.15) is 16.7 Å². The largest absolute Gasteiger partial charge is 0.478 e. The van der Waals surface area contributed by atoms with Crippen molar-refractivity contribution in [3.63, 3.8) is 0 Å². The van der Waals surface area contributed by atoms with Gasteiger partial charge in [0.05, 0.1) is 18.5 Å². The van der Waals surface area contributed by atoms with E-state index >= 15 is 0 Å². The van der Waals surface area contributed by atoms with Crippen LogP contribution in [0, 0.1) is 0 Å². The van der Waals surface area contributed by atoms with Crippen LogP contribution in [0.2, 0.25) is 0 Å². The van der Waals surface area contributed by atoms with Gasteiger partial charge in [0, 0.05) is 11.4 Å². The summed E-state index contributed by atoms with van der Waals surface area (Å²) in [5.41, 5.74) is 7.23. The van der Waals surface area contributed by atoms with Crippen LogP contribution in [-0.2, 0) is 16.0 Å². The standard InChI is InChI=1S/C19H22N6O6S.ClH/c1-8(18(29)30)9-4-10(32-6-9)2-3-21-19-23-15(20)12-16(24-19)25(7-22-12)17-14(28)13(27)11(5-26)31-17;/h4,6-7,11,13-14,17,26-28H,1-3,5H2,(H,29,30)(H3,20,21,23,24);1H/t11-,13-,14-,17-;/m1./s1. The molecule has 1 aliphatic rings. The lowest BCUT2D eigenvalue weighted by Crippen LogP contribution is -2.33. The molecule has 0 radical (unpaired) electrons. The maximum atomic E-state index is 11.0. The molecule has 3 aromatic heterocycles. The molecule has 4 atom stereocenters. The van der Waals surface area contributed by atoms with Gasteiger partial charge in [-0.25, -0.2) is 9.78 Å². The molecule has 0 bridgehead atoms. The molecule has 1 saturated heterocycles. The zero-order valence-electron chi connectivity index (χ0n) is 17.2. The van der Waals surface area contributed by atoms with Crippen LogP contribution < -0.4 is 11.1 Å². The second kappa shape index (κ2) is 9.99. The van der Waals surface area contributed by atoms with Gasteiger partial charge in [0.15, 0.2) is 17.7 Å². The first-order valence-corrected chi connectivity index (χ1v) is 10.5. The summed E-state index contributed by atoms with van der Waals surface area (Å²) in [4.78, 5) is 24.8. The van der Waals surface area contributed by atoms with E-state index in [-0.39, 0.29) is 29.7 Å². The first-order valence-electron chi connectivity index (χ1n) is 9.66. The molecule has 0 unspecified atom stereocenters. The fourth-order valence-corrected chi connectivity index (χ4v) is 4.31. The number of ether oxygens (including phenoxy) is 1. The van der Waals surface area contributed by atoms with E-state index in [4.69, 9.17) is 15.6 Å². The van der Waals surface area contributed by atoms with Crippen LogP contribution >= 0.6 is 23.7 Å². The highest BCUT2D eigenvalue weighted by atomic mass is 35.5. The molecule has 0 aromatic carbocycles. The molecule has 1 aliphatic heterocycles. The highest BCUT2D eigenvalue weighted by Gasteiger charge is 2.44. The number of carboxylic acids is 1. The number of thiophene rings is 1. The number of fused-ring (bicyclic) bond motifs is 1. The lowest BCUT2D eigenvalue weighted by Gasteiger charge is -2.16. The Morgan fingerprint density at radius 2 is 2.09 bits per heavy atom. The molecule has 0 spiro atoms. The predicted molar refractivity (Wildman–Crippen MR) is 123 cm³/mol. The van der Waals surface area contributed by atoms with Crippen molar-refractivity contribution in [1.29, 1.82) is 0 Å². The SMILES string of the molecule is C=C(C(=O)O)c1csc(CCNc2nc(N)c3ncn([C@@H]4O[C@H](CO)[C@@H](O)[C@H]4O)c3n2)c1.Cl. The second-order valence-electron chi connectivity index (χ2n) is 7.25. The highest BCUT2D eigenvalue weighted by molar-refractivity contribution is 7.10. The Morgan fingerprint density at radius 1 is 1.33 bits per heavy atom. The predicted octanol–water partition coefficient (Wildman–Crippen LogP) is 0.256. The lowest BCUT2D eigenvalue weighted by atomic mass is 10.1. The van der Waals surface area contributed by atoms with Gasteiger partial charge >= 0.3 is 5.97 Å². The van der Waals surface area contributed by atoms with Crippen LogP contribution in [0.4, 0.5) is 11.8 Å². The van der Waals surface area contributed by atoms with Gasteiger partial charge in [-0.15, -0.1) is 23.7 Å². The third-order valence-electron chi connectivity index (χ3n) is 5.15. The van der Waals surface area contributed by atoms with Gasteiger partial charge in [-0.1, -0.05) is 6.58 Å². The summed E-state index contributed by atoms with van der Waals surface area (Å²) in [5.74, 6) is -0.704. The summed E-state index contributed by atoms with van der Waals surface area (Å²) in [6.07, 6.45) is -2.51. The number of aliphatic carboxylic acids is 1. The summed E-state index contributed by atoms with van der Waals surface area (Å²) in [6.45, 7) is 3.55. The summed E-state index contributed by atoms with van der Waals surface area (Å²) < 4.78 is 6.98. The van der Waals surface area contributed by atoms with Crippen LogP contribution in [-0.4, -0.2) is 77.4 Å². The Bertz CT molecular complexity index is 1170. The van der Waals surface area contributed by atoms with Gasteiger partial charge in [0.25, 0.3) is 0 Å². The van der Waals surface area contributed by atoms with Crippen molar-refractivity contribution in [1.82, 2.24) is 19.5 Å². The summed E-state index contributed by atoms with van der Waals surface area (Å²) in [7, 11) is 0. The van der Waals surface area contributed by atoms with Crippen molar-refractivity contribution in [3.05, 3.63) is 34.8 Å². The molecule has 12 nitrogen and oxygen atoms in total. The first-order chi connectivity index (χ1) is 15.3. The van der Waals surface area contributed by atoms with Gasteiger partial charge < -0.3 is 36.2 Å². The molecule has 4 rings (SSSR count). The summed E-state index contributed by atoms with van der Waals surface area (Å²) in [6, 6.07) is 1.78. The van der Waals surface area contributed by atoms with Gasteiger partial charge in [0.1, 0.15) is 23.8 Å². The molecule has 178 valence electrons. The number of carboxylic acid groups (broad SMARTS) is 1. The number of nitrogens with two attached hydrogens (primary N) is 1. The van der Waals surface area contributed by atoms with E-state index in [1.165, 1.54) is 22.2 Å². The van der Waals surface area contributed by atoms with Crippen molar-refractivity contribution in [2.45, 2.75) is 31.0 Å². The van der Waals surface area contributed by atoms with Crippen LogP contribution in [0.25, 0.3) is 16.7 Å². The Balaban J connectivity index is 0.00000306. The third-order valence-corrected chi connectivity index (χ3v) is 6.15. The smallest absolute Gasteiger partial charge is 0.335 e. The van der Waals surface area contributed by atoms with Gasteiger partial charge in [-0.2, -0.15) is 9.97 Å². The van der Waals surface area contributed by atoms with E-state index < -0.39 is 37.1 Å². The highest BCUT2D eigenvalue weighted by Crippen LogP contribution is 2.32. The zero-order chi connectivity index (χ0) is 23.0. The van der Waals surface area contributed by atoms with E-state index in [0.29, 0.717) is 29.7 Å². The number of imidazole rings is 1. The topological polar surface area (TPSA) is 189 Å². The van der Waals surface area contributed by atoms with Crippen molar-refractivity contribution in [3.8, 4) is 0 Å². The average molecular weight is 499 g/mol. The molecule has 0 amide bonds. The van der Waals surface area contributed by atoms with Crippen LogP contribution in [0.5, 0.6) is 0 Å². The number of aliphatic hydroxyl groups is 3. The molecular weight excluding hydrogens is 476 g/mol. The number of hydrogen-bond donors (Lipinski definition) is 6. The lowest BCUT2D eigenvalue weighted by molar-refractivity contribution is -0.130. The maximum Gasteiger partial charge on any atom is 0.335 e. The van der Waals surface area contributed by atoms with Gasteiger partial charge in [-0.3, -0.25) is 4.57 Å². The maximum absolute atomic E-state index is 11.0. The molecule has 7 N–H and O–H groups in total. The monoisotopic (exact) mass is 498 g/mol. The summed E-state index contributed by atoms with van der Waals surface area (Å²) >= 11 is 1.43. The number of hydrogen-bond acceptors (Lipinski definition) is 11. The third kappa shape index (κ3) is 4.78. The number of anilines is 2.